The molecule has 2 rings (SSSR count). The zero-order valence-electron chi connectivity index (χ0n) is 17.4. The molecule has 6 heteroatoms. The number of halogens is 2. The van der Waals surface area contributed by atoms with Crippen molar-refractivity contribution >= 4 is 37.8 Å². The Balaban J connectivity index is 2.64. The SMILES string of the molecule is CC(C)C(C(=O)O)(C(C#N)c1cccc(Oc2ccccc2)c1)C(C)(C)C=C(Br)Br. The molecule has 2 atom stereocenters. The number of carboxylic acid groups (broad SMARTS) is 1. The highest BCUT2D eigenvalue weighted by Gasteiger charge is 2.58. The second kappa shape index (κ2) is 9.80. The van der Waals surface area contributed by atoms with Crippen LogP contribution in [0.3, 0.4) is 0 Å². The Kier molecular flexibility index (Phi) is 7.90. The van der Waals surface area contributed by atoms with Gasteiger partial charge in [-0.1, -0.05) is 64.1 Å². The lowest BCUT2D eigenvalue weighted by Crippen LogP contribution is -2.51. The summed E-state index contributed by atoms with van der Waals surface area (Å²) >= 11 is 6.72. The molecule has 30 heavy (non-hydrogen) atoms. The molecule has 0 radical (unpaired) electrons. The van der Waals surface area contributed by atoms with E-state index in [-0.39, 0.29) is 5.92 Å². The largest absolute Gasteiger partial charge is 0.481 e. The Hall–Kier alpha value is -2.10. The smallest absolute Gasteiger partial charge is 0.312 e. The van der Waals surface area contributed by atoms with Crippen LogP contribution in [0.2, 0.25) is 0 Å². The van der Waals surface area contributed by atoms with Gasteiger partial charge in [0, 0.05) is 5.41 Å². The third-order valence-electron chi connectivity index (χ3n) is 5.56. The average molecular weight is 535 g/mol. The highest BCUT2D eigenvalue weighted by Crippen LogP contribution is 2.56. The summed E-state index contributed by atoms with van der Waals surface area (Å²) < 4.78 is 6.56. The second-order valence-electron chi connectivity index (χ2n) is 8.03. The molecule has 1 N–H and O–H groups in total. The standard InChI is InChI=1S/C24H25Br2NO3/c1-16(2)24(22(28)29,23(3,4)14-21(25)26)20(15-27)17-9-8-12-19(13-17)30-18-10-6-5-7-11-18/h5-14,16,20H,1-4H3,(H,28,29). The van der Waals surface area contributed by atoms with Crippen molar-refractivity contribution in [3.05, 3.63) is 69.6 Å². The van der Waals surface area contributed by atoms with Gasteiger partial charge in [-0.25, -0.2) is 0 Å². The first kappa shape index (κ1) is 24.2. The van der Waals surface area contributed by atoms with Crippen molar-refractivity contribution in [2.45, 2.75) is 33.6 Å². The molecule has 0 aliphatic heterocycles. The molecule has 0 saturated carbocycles. The number of aliphatic carboxylic acids is 1. The number of ether oxygens (including phenoxy) is 1. The van der Waals surface area contributed by atoms with Gasteiger partial charge >= 0.3 is 5.97 Å². The van der Waals surface area contributed by atoms with Crippen molar-refractivity contribution in [2.75, 3.05) is 0 Å². The summed E-state index contributed by atoms with van der Waals surface area (Å²) in [5.74, 6) is -1.02. The molecule has 2 aromatic rings. The molecule has 0 amide bonds. The van der Waals surface area contributed by atoms with Crippen molar-refractivity contribution in [2.24, 2.45) is 16.7 Å². The van der Waals surface area contributed by atoms with Crippen LogP contribution < -0.4 is 4.74 Å². The van der Waals surface area contributed by atoms with E-state index < -0.39 is 22.7 Å². The molecule has 0 aliphatic carbocycles. The van der Waals surface area contributed by atoms with E-state index in [2.05, 4.69) is 37.9 Å². The Morgan fingerprint density at radius 1 is 1.10 bits per heavy atom. The van der Waals surface area contributed by atoms with E-state index in [0.717, 1.165) is 0 Å². The van der Waals surface area contributed by atoms with Crippen molar-refractivity contribution in [1.82, 2.24) is 0 Å². The zero-order chi connectivity index (χ0) is 22.5. The van der Waals surface area contributed by atoms with Crippen LogP contribution in [-0.2, 0) is 4.79 Å². The van der Waals surface area contributed by atoms with Gasteiger partial charge in [0.25, 0.3) is 0 Å². The van der Waals surface area contributed by atoms with Gasteiger partial charge < -0.3 is 9.84 Å². The lowest BCUT2D eigenvalue weighted by Gasteiger charge is -2.48. The van der Waals surface area contributed by atoms with Gasteiger partial charge in [0.05, 0.1) is 20.8 Å². The number of rotatable bonds is 8. The highest BCUT2D eigenvalue weighted by atomic mass is 79.9. The van der Waals surface area contributed by atoms with E-state index in [1.807, 2.05) is 58.0 Å². The first-order valence-electron chi connectivity index (χ1n) is 9.56. The number of hydrogen-bond donors (Lipinski definition) is 1. The number of para-hydroxylation sites is 1. The van der Waals surface area contributed by atoms with Gasteiger partial charge in [0.1, 0.15) is 11.5 Å². The minimum atomic E-state index is -1.39. The summed E-state index contributed by atoms with van der Waals surface area (Å²) in [6.07, 6.45) is 1.80. The van der Waals surface area contributed by atoms with E-state index in [1.54, 1.807) is 30.3 Å². The minimum Gasteiger partial charge on any atom is -0.481 e. The first-order valence-corrected chi connectivity index (χ1v) is 11.1. The molecule has 0 fully saturated rings. The molecule has 0 heterocycles. The van der Waals surface area contributed by atoms with Gasteiger partial charge in [-0.05, 0) is 67.6 Å². The van der Waals surface area contributed by atoms with Crippen LogP contribution in [0.25, 0.3) is 0 Å². The molecule has 0 bridgehead atoms. The maximum absolute atomic E-state index is 12.8. The second-order valence-corrected chi connectivity index (χ2v) is 10.8. The number of carboxylic acids is 1. The van der Waals surface area contributed by atoms with E-state index in [1.165, 1.54) is 0 Å². The molecular weight excluding hydrogens is 510 g/mol. The van der Waals surface area contributed by atoms with E-state index >= 15 is 0 Å². The number of nitriles is 1. The van der Waals surface area contributed by atoms with Gasteiger partial charge in [-0.15, -0.1) is 0 Å². The first-order chi connectivity index (χ1) is 14.1. The quantitative estimate of drug-likeness (QED) is 0.381. The lowest BCUT2D eigenvalue weighted by atomic mass is 9.52. The highest BCUT2D eigenvalue weighted by molar-refractivity contribution is 9.28. The van der Waals surface area contributed by atoms with E-state index in [9.17, 15) is 15.2 Å². The van der Waals surface area contributed by atoms with Gasteiger partial charge in [-0.2, -0.15) is 5.26 Å². The maximum atomic E-state index is 12.8. The minimum absolute atomic E-state index is 0.330. The van der Waals surface area contributed by atoms with Crippen LogP contribution in [0.15, 0.2) is 64.1 Å². The Morgan fingerprint density at radius 3 is 2.20 bits per heavy atom. The van der Waals surface area contributed by atoms with Crippen LogP contribution in [0.1, 0.15) is 39.2 Å². The molecule has 2 aromatic carbocycles. The molecular formula is C24H25Br2NO3. The summed E-state index contributed by atoms with van der Waals surface area (Å²) in [5, 5.41) is 20.7. The fraction of sp³-hybridized carbons (Fsp3) is 0.333. The third-order valence-corrected chi connectivity index (χ3v) is 6.01. The van der Waals surface area contributed by atoms with Crippen LogP contribution in [-0.4, -0.2) is 11.1 Å². The summed E-state index contributed by atoms with van der Waals surface area (Å²) in [5.41, 5.74) is -1.64. The maximum Gasteiger partial charge on any atom is 0.312 e. The van der Waals surface area contributed by atoms with Crippen molar-refractivity contribution < 1.29 is 14.6 Å². The van der Waals surface area contributed by atoms with Gasteiger partial charge in [0.2, 0.25) is 0 Å². The Labute approximate surface area is 194 Å². The Bertz CT molecular complexity index is 960. The number of carbonyl (C=O) groups is 1. The zero-order valence-corrected chi connectivity index (χ0v) is 20.6. The summed E-state index contributed by atoms with van der Waals surface area (Å²) in [6, 6.07) is 18.7. The van der Waals surface area contributed by atoms with Gasteiger partial charge in [0.15, 0.2) is 0 Å². The third kappa shape index (κ3) is 4.79. The summed E-state index contributed by atoms with van der Waals surface area (Å²) in [7, 11) is 0. The predicted molar refractivity (Wildman–Crippen MR) is 126 cm³/mol. The van der Waals surface area contributed by atoms with Crippen molar-refractivity contribution in [3.63, 3.8) is 0 Å². The van der Waals surface area contributed by atoms with E-state index in [0.29, 0.717) is 20.5 Å². The molecule has 4 nitrogen and oxygen atoms in total. The molecule has 0 aromatic heterocycles. The fourth-order valence-corrected chi connectivity index (χ4v) is 5.45. The molecule has 2 unspecified atom stereocenters. The number of nitrogens with zero attached hydrogens (tertiary/aromatic N) is 1. The van der Waals surface area contributed by atoms with Crippen molar-refractivity contribution in [3.8, 4) is 17.6 Å². The van der Waals surface area contributed by atoms with Gasteiger partial charge in [-0.3, -0.25) is 4.79 Å². The average Bonchev–Trinajstić information content (AvgIpc) is 2.65. The Morgan fingerprint density at radius 2 is 1.70 bits per heavy atom. The summed E-state index contributed by atoms with van der Waals surface area (Å²) in [4.78, 5) is 12.8. The van der Waals surface area contributed by atoms with Crippen LogP contribution in [0, 0.1) is 28.1 Å². The van der Waals surface area contributed by atoms with Crippen LogP contribution >= 0.6 is 31.9 Å². The number of hydrogen-bond acceptors (Lipinski definition) is 3. The van der Waals surface area contributed by atoms with Crippen LogP contribution in [0.4, 0.5) is 0 Å². The predicted octanol–water partition coefficient (Wildman–Crippen LogP) is 7.47. The normalized spacial score (nSPS) is 14.3. The lowest BCUT2D eigenvalue weighted by molar-refractivity contribution is -0.160. The van der Waals surface area contributed by atoms with Crippen molar-refractivity contribution in [1.29, 1.82) is 5.26 Å². The number of allylic oxidation sites excluding steroid dienone is 1. The monoisotopic (exact) mass is 533 g/mol. The fourth-order valence-electron chi connectivity index (χ4n) is 4.31. The molecule has 0 spiro atoms. The topological polar surface area (TPSA) is 70.3 Å². The molecule has 158 valence electrons. The van der Waals surface area contributed by atoms with E-state index in [4.69, 9.17) is 4.74 Å². The van der Waals surface area contributed by atoms with Crippen LogP contribution in [0.5, 0.6) is 11.5 Å². The molecule has 0 aliphatic rings. The number of benzene rings is 2. The summed E-state index contributed by atoms with van der Waals surface area (Å²) in [6.45, 7) is 7.39. The molecule has 0 saturated heterocycles.